The van der Waals surface area contributed by atoms with Crippen molar-refractivity contribution in [2.24, 2.45) is 0 Å². The SMILES string of the molecule is Cc1cc(OCC(=O)Nc2cccc(NC(=O)Cc3ccccc3)c2)ccc1Br. The summed E-state index contributed by atoms with van der Waals surface area (Å²) in [5.41, 5.74) is 3.17. The maximum Gasteiger partial charge on any atom is 0.262 e. The molecular formula is C23H21BrN2O3. The van der Waals surface area contributed by atoms with Crippen LogP contribution in [-0.4, -0.2) is 18.4 Å². The number of aryl methyl sites for hydroxylation is 1. The summed E-state index contributed by atoms with van der Waals surface area (Å²) in [4.78, 5) is 24.4. The van der Waals surface area contributed by atoms with E-state index in [1.54, 1.807) is 30.3 Å². The lowest BCUT2D eigenvalue weighted by molar-refractivity contribution is -0.118. The maximum atomic E-state index is 12.2. The summed E-state index contributed by atoms with van der Waals surface area (Å²) in [7, 11) is 0. The molecule has 3 aromatic carbocycles. The monoisotopic (exact) mass is 452 g/mol. The molecule has 0 aliphatic rings. The van der Waals surface area contributed by atoms with Crippen molar-refractivity contribution in [3.63, 3.8) is 0 Å². The molecule has 0 atom stereocenters. The van der Waals surface area contributed by atoms with Crippen molar-refractivity contribution in [2.75, 3.05) is 17.2 Å². The van der Waals surface area contributed by atoms with Gasteiger partial charge in [0.25, 0.3) is 5.91 Å². The van der Waals surface area contributed by atoms with Crippen molar-refractivity contribution in [1.82, 2.24) is 0 Å². The van der Waals surface area contributed by atoms with Crippen LogP contribution in [0.1, 0.15) is 11.1 Å². The standard InChI is InChI=1S/C23H21BrN2O3/c1-16-12-20(10-11-21(16)24)29-15-23(28)26-19-9-5-8-18(14-19)25-22(27)13-17-6-3-2-4-7-17/h2-12,14H,13,15H2,1H3,(H,25,27)(H,26,28). The zero-order valence-corrected chi connectivity index (χ0v) is 17.5. The highest BCUT2D eigenvalue weighted by molar-refractivity contribution is 9.10. The molecule has 0 saturated carbocycles. The number of hydrogen-bond donors (Lipinski definition) is 2. The van der Waals surface area contributed by atoms with Gasteiger partial charge in [0.1, 0.15) is 5.75 Å². The van der Waals surface area contributed by atoms with Gasteiger partial charge < -0.3 is 15.4 Å². The van der Waals surface area contributed by atoms with E-state index < -0.39 is 0 Å². The molecular weight excluding hydrogens is 432 g/mol. The van der Waals surface area contributed by atoms with Gasteiger partial charge in [-0.15, -0.1) is 0 Å². The summed E-state index contributed by atoms with van der Waals surface area (Å²) in [6.07, 6.45) is 0.290. The molecule has 3 rings (SSSR count). The van der Waals surface area contributed by atoms with Crippen molar-refractivity contribution in [2.45, 2.75) is 13.3 Å². The molecule has 0 spiro atoms. The highest BCUT2D eigenvalue weighted by atomic mass is 79.9. The lowest BCUT2D eigenvalue weighted by atomic mass is 10.1. The van der Waals surface area contributed by atoms with Crippen LogP contribution in [0.25, 0.3) is 0 Å². The van der Waals surface area contributed by atoms with Crippen LogP contribution >= 0.6 is 15.9 Å². The Labute approximate surface area is 178 Å². The van der Waals surface area contributed by atoms with Gasteiger partial charge in [-0.2, -0.15) is 0 Å². The van der Waals surface area contributed by atoms with Crippen LogP contribution in [0.2, 0.25) is 0 Å². The molecule has 2 amide bonds. The number of ether oxygens (including phenoxy) is 1. The summed E-state index contributed by atoms with van der Waals surface area (Å²) in [5.74, 6) is 0.231. The molecule has 0 unspecified atom stereocenters. The van der Waals surface area contributed by atoms with Gasteiger partial charge in [-0.25, -0.2) is 0 Å². The number of carbonyl (C=O) groups is 2. The second-order valence-corrected chi connectivity index (χ2v) is 7.39. The number of hydrogen-bond acceptors (Lipinski definition) is 3. The molecule has 0 radical (unpaired) electrons. The maximum absolute atomic E-state index is 12.2. The Morgan fingerprint density at radius 2 is 1.55 bits per heavy atom. The highest BCUT2D eigenvalue weighted by Crippen LogP contribution is 2.21. The van der Waals surface area contributed by atoms with E-state index in [2.05, 4.69) is 26.6 Å². The minimum absolute atomic E-state index is 0.105. The first kappa shape index (κ1) is 20.6. The minimum Gasteiger partial charge on any atom is -0.484 e. The summed E-state index contributed by atoms with van der Waals surface area (Å²) < 4.78 is 6.52. The van der Waals surface area contributed by atoms with Crippen molar-refractivity contribution in [3.8, 4) is 5.75 Å². The first-order valence-corrected chi connectivity index (χ1v) is 9.91. The summed E-state index contributed by atoms with van der Waals surface area (Å²) in [6, 6.07) is 22.1. The van der Waals surface area contributed by atoms with Crippen molar-refractivity contribution >= 4 is 39.1 Å². The van der Waals surface area contributed by atoms with Gasteiger partial charge in [-0.3, -0.25) is 9.59 Å². The van der Waals surface area contributed by atoms with E-state index in [0.29, 0.717) is 17.1 Å². The van der Waals surface area contributed by atoms with Crippen molar-refractivity contribution in [1.29, 1.82) is 0 Å². The normalized spacial score (nSPS) is 10.3. The van der Waals surface area contributed by atoms with E-state index in [1.165, 1.54) is 0 Å². The molecule has 148 valence electrons. The topological polar surface area (TPSA) is 67.4 Å². The predicted molar refractivity (Wildman–Crippen MR) is 118 cm³/mol. The lowest BCUT2D eigenvalue weighted by Crippen LogP contribution is -2.20. The molecule has 29 heavy (non-hydrogen) atoms. The van der Waals surface area contributed by atoms with Gasteiger partial charge in [0.2, 0.25) is 5.91 Å². The molecule has 5 nitrogen and oxygen atoms in total. The van der Waals surface area contributed by atoms with Gasteiger partial charge >= 0.3 is 0 Å². The number of amides is 2. The van der Waals surface area contributed by atoms with E-state index in [1.807, 2.05) is 49.4 Å². The first-order chi connectivity index (χ1) is 14.0. The number of halogens is 1. The third kappa shape index (κ3) is 6.47. The molecule has 0 heterocycles. The molecule has 6 heteroatoms. The van der Waals surface area contributed by atoms with Gasteiger partial charge in [0.15, 0.2) is 6.61 Å². The molecule has 2 N–H and O–H groups in total. The zero-order valence-electron chi connectivity index (χ0n) is 15.9. The van der Waals surface area contributed by atoms with Crippen LogP contribution in [0.5, 0.6) is 5.75 Å². The van der Waals surface area contributed by atoms with Crippen LogP contribution in [0.15, 0.2) is 77.3 Å². The Morgan fingerprint density at radius 3 is 2.24 bits per heavy atom. The van der Waals surface area contributed by atoms with E-state index in [-0.39, 0.29) is 24.8 Å². The van der Waals surface area contributed by atoms with Crippen LogP contribution < -0.4 is 15.4 Å². The number of carbonyl (C=O) groups excluding carboxylic acids is 2. The predicted octanol–water partition coefficient (Wildman–Crippen LogP) is 4.96. The second kappa shape index (κ2) is 9.89. The van der Waals surface area contributed by atoms with Gasteiger partial charge in [-0.1, -0.05) is 52.3 Å². The lowest BCUT2D eigenvalue weighted by Gasteiger charge is -2.10. The average Bonchev–Trinajstić information content (AvgIpc) is 2.70. The Balaban J connectivity index is 1.52. The molecule has 0 aliphatic carbocycles. The van der Waals surface area contributed by atoms with Crippen molar-refractivity contribution in [3.05, 3.63) is 88.4 Å². The largest absolute Gasteiger partial charge is 0.484 e. The molecule has 0 aliphatic heterocycles. The third-order valence-corrected chi connectivity index (χ3v) is 5.03. The second-order valence-electron chi connectivity index (χ2n) is 6.54. The van der Waals surface area contributed by atoms with E-state index in [0.717, 1.165) is 15.6 Å². The first-order valence-electron chi connectivity index (χ1n) is 9.12. The number of benzene rings is 3. The van der Waals surface area contributed by atoms with Gasteiger partial charge in [0.05, 0.1) is 6.42 Å². The molecule has 0 aromatic heterocycles. The van der Waals surface area contributed by atoms with E-state index in [9.17, 15) is 9.59 Å². The van der Waals surface area contributed by atoms with Crippen LogP contribution in [0.3, 0.4) is 0 Å². The fraction of sp³-hybridized carbons (Fsp3) is 0.130. The quantitative estimate of drug-likeness (QED) is 0.532. The smallest absolute Gasteiger partial charge is 0.262 e. The third-order valence-electron chi connectivity index (χ3n) is 4.14. The summed E-state index contributed by atoms with van der Waals surface area (Å²) in [5, 5.41) is 5.62. The Morgan fingerprint density at radius 1 is 0.862 bits per heavy atom. The Hall–Kier alpha value is -3.12. The number of anilines is 2. The van der Waals surface area contributed by atoms with Crippen LogP contribution in [-0.2, 0) is 16.0 Å². The molecule has 0 bridgehead atoms. The Bertz CT molecular complexity index is 1010. The fourth-order valence-electron chi connectivity index (χ4n) is 2.71. The molecule has 3 aromatic rings. The van der Waals surface area contributed by atoms with Gasteiger partial charge in [0, 0.05) is 15.8 Å². The Kier molecular flexibility index (Phi) is 7.03. The summed E-state index contributed by atoms with van der Waals surface area (Å²) in [6.45, 7) is 1.85. The molecule has 0 fully saturated rings. The van der Waals surface area contributed by atoms with Crippen LogP contribution in [0.4, 0.5) is 11.4 Å². The number of nitrogens with one attached hydrogen (secondary N) is 2. The minimum atomic E-state index is -0.279. The average molecular weight is 453 g/mol. The summed E-state index contributed by atoms with van der Waals surface area (Å²) >= 11 is 3.43. The van der Waals surface area contributed by atoms with Gasteiger partial charge in [-0.05, 0) is 54.4 Å². The zero-order chi connectivity index (χ0) is 20.6. The van der Waals surface area contributed by atoms with Crippen molar-refractivity contribution < 1.29 is 14.3 Å². The van der Waals surface area contributed by atoms with Crippen LogP contribution in [0, 0.1) is 6.92 Å². The van der Waals surface area contributed by atoms with E-state index in [4.69, 9.17) is 4.74 Å². The highest BCUT2D eigenvalue weighted by Gasteiger charge is 2.07. The van der Waals surface area contributed by atoms with E-state index >= 15 is 0 Å². The fourth-order valence-corrected chi connectivity index (χ4v) is 2.96. The molecule has 0 saturated heterocycles. The number of rotatable bonds is 7.